The molecule has 0 saturated carbocycles. The second-order valence-electron chi connectivity index (χ2n) is 7.36. The number of nitrogens with zero attached hydrogens (tertiary/aromatic N) is 6. The van der Waals surface area contributed by atoms with Crippen LogP contribution in [-0.4, -0.2) is 42.6 Å². The number of aromatic nitrogens is 6. The number of aryl methyl sites for hydroxylation is 2. The van der Waals surface area contributed by atoms with Crippen molar-refractivity contribution in [3.05, 3.63) is 64.7 Å². The van der Waals surface area contributed by atoms with Crippen molar-refractivity contribution in [1.82, 2.24) is 34.9 Å². The summed E-state index contributed by atoms with van der Waals surface area (Å²) >= 11 is 0. The first-order valence-electron chi connectivity index (χ1n) is 10.1. The van der Waals surface area contributed by atoms with Crippen LogP contribution in [0, 0.1) is 20.8 Å². The maximum atomic E-state index is 12.4. The van der Waals surface area contributed by atoms with Gasteiger partial charge in [0.2, 0.25) is 5.91 Å². The topological polar surface area (TPSA) is 99.2 Å². The van der Waals surface area contributed by atoms with Gasteiger partial charge in [0.05, 0.1) is 12.8 Å². The van der Waals surface area contributed by atoms with Gasteiger partial charge in [0.15, 0.2) is 17.3 Å². The number of rotatable bonds is 7. The van der Waals surface area contributed by atoms with Crippen LogP contribution in [0.15, 0.2) is 36.4 Å². The van der Waals surface area contributed by atoms with E-state index in [4.69, 9.17) is 4.74 Å². The Morgan fingerprint density at radius 2 is 1.87 bits per heavy atom. The Morgan fingerprint density at radius 3 is 2.68 bits per heavy atom. The van der Waals surface area contributed by atoms with Crippen molar-refractivity contribution in [2.45, 2.75) is 40.2 Å². The quantitative estimate of drug-likeness (QED) is 0.494. The predicted molar refractivity (Wildman–Crippen MR) is 115 cm³/mol. The van der Waals surface area contributed by atoms with Gasteiger partial charge in [0.1, 0.15) is 5.75 Å². The summed E-state index contributed by atoms with van der Waals surface area (Å²) in [6, 6.07) is 11.4. The van der Waals surface area contributed by atoms with Crippen LogP contribution in [0.4, 0.5) is 0 Å². The minimum absolute atomic E-state index is 0.0166. The van der Waals surface area contributed by atoms with Crippen LogP contribution in [0.1, 0.15) is 34.8 Å². The number of fused-ring (bicyclic) bond motifs is 1. The smallest absolute Gasteiger partial charge is 0.220 e. The maximum Gasteiger partial charge on any atom is 0.220 e. The fourth-order valence-electron chi connectivity index (χ4n) is 3.63. The Bertz CT molecular complexity index is 1240. The van der Waals surface area contributed by atoms with Gasteiger partial charge in [-0.05, 0) is 51.0 Å². The van der Waals surface area contributed by atoms with E-state index in [1.165, 1.54) is 0 Å². The molecule has 1 aromatic carbocycles. The van der Waals surface area contributed by atoms with Gasteiger partial charge in [-0.15, -0.1) is 15.3 Å². The van der Waals surface area contributed by atoms with E-state index in [1.807, 2.05) is 57.2 Å². The third-order valence-corrected chi connectivity index (χ3v) is 5.33. The zero-order chi connectivity index (χ0) is 22.0. The molecule has 0 spiro atoms. The molecule has 0 aliphatic rings. The maximum absolute atomic E-state index is 12.4. The number of carbonyl (C=O) groups is 1. The molecule has 0 aliphatic heterocycles. The highest BCUT2D eigenvalue weighted by Gasteiger charge is 2.16. The van der Waals surface area contributed by atoms with E-state index < -0.39 is 0 Å². The van der Waals surface area contributed by atoms with Crippen LogP contribution in [0.5, 0.6) is 5.75 Å². The molecule has 0 aliphatic carbocycles. The van der Waals surface area contributed by atoms with E-state index >= 15 is 0 Å². The fourth-order valence-corrected chi connectivity index (χ4v) is 3.63. The van der Waals surface area contributed by atoms with Gasteiger partial charge in [-0.2, -0.15) is 9.61 Å². The summed E-state index contributed by atoms with van der Waals surface area (Å²) in [6.07, 6.45) is 0.975. The lowest BCUT2D eigenvalue weighted by atomic mass is 10.1. The normalized spacial score (nSPS) is 11.1. The summed E-state index contributed by atoms with van der Waals surface area (Å²) in [5, 5.41) is 20.3. The van der Waals surface area contributed by atoms with E-state index in [-0.39, 0.29) is 5.91 Å². The molecule has 1 amide bonds. The van der Waals surface area contributed by atoms with E-state index in [0.29, 0.717) is 36.7 Å². The van der Waals surface area contributed by atoms with Gasteiger partial charge in [-0.1, -0.05) is 18.2 Å². The Kier molecular flexibility index (Phi) is 5.66. The first-order chi connectivity index (χ1) is 15.0. The number of hydrogen-bond donors (Lipinski definition) is 1. The highest BCUT2D eigenvalue weighted by atomic mass is 16.5. The van der Waals surface area contributed by atoms with Crippen LogP contribution >= 0.6 is 0 Å². The number of nitrogens with one attached hydrogen (secondary N) is 1. The summed E-state index contributed by atoms with van der Waals surface area (Å²) in [6.45, 7) is 6.23. The van der Waals surface area contributed by atoms with Crippen molar-refractivity contribution >= 4 is 11.6 Å². The molecular formula is C22H25N7O2. The molecule has 0 atom stereocenters. The van der Waals surface area contributed by atoms with Crippen molar-refractivity contribution in [2.75, 3.05) is 7.11 Å². The number of hydrogen-bond acceptors (Lipinski definition) is 6. The molecule has 0 radical (unpaired) electrons. The molecule has 0 saturated heterocycles. The summed E-state index contributed by atoms with van der Waals surface area (Å²) < 4.78 is 8.83. The molecular weight excluding hydrogens is 394 g/mol. The van der Waals surface area contributed by atoms with Gasteiger partial charge in [0.25, 0.3) is 0 Å². The largest absolute Gasteiger partial charge is 0.496 e. The highest BCUT2D eigenvalue weighted by Crippen LogP contribution is 2.19. The van der Waals surface area contributed by atoms with Crippen molar-refractivity contribution in [3.8, 4) is 11.6 Å². The predicted octanol–water partition coefficient (Wildman–Crippen LogP) is 2.49. The van der Waals surface area contributed by atoms with Gasteiger partial charge >= 0.3 is 0 Å². The second kappa shape index (κ2) is 8.55. The average Bonchev–Trinajstić information content (AvgIpc) is 3.29. The number of ether oxygens (including phenoxy) is 1. The fraction of sp³-hybridized carbons (Fsp3) is 0.318. The molecule has 0 bridgehead atoms. The summed E-state index contributed by atoms with van der Waals surface area (Å²) in [7, 11) is 1.63. The number of para-hydroxylation sites is 1. The van der Waals surface area contributed by atoms with Crippen LogP contribution in [-0.2, 0) is 17.8 Å². The molecule has 4 aromatic rings. The molecule has 1 N–H and O–H groups in total. The SMILES string of the molecule is COc1ccccc1CNC(=O)CCc1c(C)nn(-c2ccc3nnc(C)n3n2)c1C. The van der Waals surface area contributed by atoms with Crippen LogP contribution in [0.25, 0.3) is 11.5 Å². The minimum atomic E-state index is -0.0166. The van der Waals surface area contributed by atoms with E-state index in [0.717, 1.165) is 28.3 Å². The summed E-state index contributed by atoms with van der Waals surface area (Å²) in [5.41, 5.74) is 4.54. The van der Waals surface area contributed by atoms with Gasteiger partial charge in [-0.3, -0.25) is 4.79 Å². The third kappa shape index (κ3) is 4.11. The molecule has 0 unspecified atom stereocenters. The van der Waals surface area contributed by atoms with Crippen LogP contribution < -0.4 is 10.1 Å². The lowest BCUT2D eigenvalue weighted by Crippen LogP contribution is -2.23. The van der Waals surface area contributed by atoms with Crippen LogP contribution in [0.2, 0.25) is 0 Å². The summed E-state index contributed by atoms with van der Waals surface area (Å²) in [5.74, 6) is 2.15. The van der Waals surface area contributed by atoms with E-state index in [9.17, 15) is 4.79 Å². The van der Waals surface area contributed by atoms with Gasteiger partial charge in [0, 0.05) is 24.2 Å². The highest BCUT2D eigenvalue weighted by molar-refractivity contribution is 5.76. The monoisotopic (exact) mass is 419 g/mol. The molecule has 4 rings (SSSR count). The first-order valence-corrected chi connectivity index (χ1v) is 10.1. The van der Waals surface area contributed by atoms with E-state index in [1.54, 1.807) is 16.3 Å². The molecule has 3 heterocycles. The Morgan fingerprint density at radius 1 is 1.06 bits per heavy atom. The Balaban J connectivity index is 1.45. The molecule has 9 heteroatoms. The Hall–Kier alpha value is -3.75. The van der Waals surface area contributed by atoms with Gasteiger partial charge in [-0.25, -0.2) is 4.68 Å². The average molecular weight is 419 g/mol. The molecule has 3 aromatic heterocycles. The minimum Gasteiger partial charge on any atom is -0.496 e. The van der Waals surface area contributed by atoms with E-state index in [2.05, 4.69) is 25.7 Å². The third-order valence-electron chi connectivity index (χ3n) is 5.33. The second-order valence-corrected chi connectivity index (χ2v) is 7.36. The standard InChI is InChI=1S/C22H25N7O2/c1-14-18(9-12-22(30)23-13-17-7-5-6-8-19(17)31-4)15(2)28(26-14)21-11-10-20-25-24-16(3)29(20)27-21/h5-8,10-11H,9,12-13H2,1-4H3,(H,23,30). The lowest BCUT2D eigenvalue weighted by Gasteiger charge is -2.10. The van der Waals surface area contributed by atoms with Crippen molar-refractivity contribution in [2.24, 2.45) is 0 Å². The summed E-state index contributed by atoms with van der Waals surface area (Å²) in [4.78, 5) is 12.4. The van der Waals surface area contributed by atoms with Crippen molar-refractivity contribution in [1.29, 1.82) is 0 Å². The van der Waals surface area contributed by atoms with Crippen molar-refractivity contribution in [3.63, 3.8) is 0 Å². The number of methoxy groups -OCH3 is 1. The number of carbonyl (C=O) groups excluding carboxylic acids is 1. The van der Waals surface area contributed by atoms with Crippen LogP contribution in [0.3, 0.4) is 0 Å². The van der Waals surface area contributed by atoms with Crippen molar-refractivity contribution < 1.29 is 9.53 Å². The Labute approximate surface area is 180 Å². The number of benzene rings is 1. The zero-order valence-electron chi connectivity index (χ0n) is 18.1. The molecule has 0 fully saturated rings. The molecule has 9 nitrogen and oxygen atoms in total. The number of amides is 1. The zero-order valence-corrected chi connectivity index (χ0v) is 18.1. The molecule has 160 valence electrons. The lowest BCUT2D eigenvalue weighted by molar-refractivity contribution is -0.121. The van der Waals surface area contributed by atoms with Gasteiger partial charge < -0.3 is 10.1 Å². The molecule has 31 heavy (non-hydrogen) atoms. The first kappa shape index (κ1) is 20.5.